The van der Waals surface area contributed by atoms with E-state index in [4.69, 9.17) is 5.73 Å². The molecule has 24 heavy (non-hydrogen) atoms. The number of primary amides is 1. The Hall–Kier alpha value is -3.16. The zero-order valence-electron chi connectivity index (χ0n) is 13.0. The number of nitrogens with zero attached hydrogens (tertiary/aromatic N) is 4. The van der Waals surface area contributed by atoms with Crippen LogP contribution in [0.5, 0.6) is 0 Å². The van der Waals surface area contributed by atoms with E-state index in [-0.39, 0.29) is 16.3 Å². The van der Waals surface area contributed by atoms with Gasteiger partial charge < -0.3 is 15.5 Å². The minimum absolute atomic E-state index is 0.0927. The third kappa shape index (κ3) is 3.27. The Balaban J connectivity index is 1.70. The number of nitrogens with two attached hydrogens (primary N) is 1. The van der Waals surface area contributed by atoms with Gasteiger partial charge in [-0.3, -0.25) is 19.9 Å². The first-order valence-electron chi connectivity index (χ1n) is 7.55. The number of carbonyl (C=O) groups is 1. The van der Waals surface area contributed by atoms with Gasteiger partial charge in [-0.1, -0.05) is 6.07 Å². The lowest BCUT2D eigenvalue weighted by Gasteiger charge is -2.37. The third-order valence-corrected chi connectivity index (χ3v) is 4.05. The van der Waals surface area contributed by atoms with Crippen LogP contribution in [-0.4, -0.2) is 42.0 Å². The Morgan fingerprint density at radius 3 is 2.29 bits per heavy atom. The normalized spacial score (nSPS) is 14.5. The van der Waals surface area contributed by atoms with Crippen LogP contribution in [0.1, 0.15) is 10.5 Å². The van der Waals surface area contributed by atoms with Crippen molar-refractivity contribution < 1.29 is 9.72 Å². The molecule has 8 heteroatoms. The Morgan fingerprint density at radius 1 is 1.08 bits per heavy atom. The molecule has 1 saturated heterocycles. The van der Waals surface area contributed by atoms with Gasteiger partial charge >= 0.3 is 0 Å². The van der Waals surface area contributed by atoms with Crippen LogP contribution >= 0.6 is 0 Å². The maximum atomic E-state index is 11.2. The van der Waals surface area contributed by atoms with Crippen LogP contribution in [-0.2, 0) is 0 Å². The molecule has 1 amide bonds. The third-order valence-electron chi connectivity index (χ3n) is 4.05. The molecule has 0 spiro atoms. The van der Waals surface area contributed by atoms with E-state index in [9.17, 15) is 14.9 Å². The number of nitro groups is 1. The van der Waals surface area contributed by atoms with Crippen molar-refractivity contribution in [1.82, 2.24) is 4.98 Å². The van der Waals surface area contributed by atoms with E-state index in [0.717, 1.165) is 37.6 Å². The first-order chi connectivity index (χ1) is 11.5. The van der Waals surface area contributed by atoms with Crippen molar-refractivity contribution in [3.05, 3.63) is 58.4 Å². The lowest BCUT2D eigenvalue weighted by atomic mass is 10.2. The molecule has 0 atom stereocenters. The van der Waals surface area contributed by atoms with E-state index in [2.05, 4.69) is 14.8 Å². The number of hydrogen-bond acceptors (Lipinski definition) is 6. The summed E-state index contributed by atoms with van der Waals surface area (Å²) in [6.45, 7) is 2.95. The molecule has 0 radical (unpaired) electrons. The summed E-state index contributed by atoms with van der Waals surface area (Å²) < 4.78 is 0. The van der Waals surface area contributed by atoms with Gasteiger partial charge in [0.2, 0.25) is 0 Å². The van der Waals surface area contributed by atoms with Crippen LogP contribution in [0, 0.1) is 10.1 Å². The van der Waals surface area contributed by atoms with Gasteiger partial charge in [-0.2, -0.15) is 0 Å². The smallest absolute Gasteiger partial charge is 0.271 e. The summed E-state index contributed by atoms with van der Waals surface area (Å²) in [5.74, 6) is -0.549. The summed E-state index contributed by atoms with van der Waals surface area (Å²) in [6, 6.07) is 10.2. The minimum atomic E-state index is -0.549. The molecule has 0 saturated carbocycles. The van der Waals surface area contributed by atoms with Gasteiger partial charge in [-0.25, -0.2) is 0 Å². The van der Waals surface area contributed by atoms with Crippen molar-refractivity contribution in [3.63, 3.8) is 0 Å². The second kappa shape index (κ2) is 6.53. The van der Waals surface area contributed by atoms with E-state index in [1.807, 2.05) is 12.1 Å². The highest BCUT2D eigenvalue weighted by Crippen LogP contribution is 2.24. The number of benzene rings is 1. The molecule has 1 aliphatic heterocycles. The fraction of sp³-hybridized carbons (Fsp3) is 0.250. The van der Waals surface area contributed by atoms with Crippen LogP contribution in [0.15, 0.2) is 42.6 Å². The summed E-state index contributed by atoms with van der Waals surface area (Å²) in [6.07, 6.45) is 1.57. The Labute approximate surface area is 138 Å². The highest BCUT2D eigenvalue weighted by atomic mass is 16.6. The zero-order valence-corrected chi connectivity index (χ0v) is 13.0. The van der Waals surface area contributed by atoms with E-state index in [1.165, 1.54) is 6.07 Å². The predicted molar refractivity (Wildman–Crippen MR) is 90.3 cm³/mol. The van der Waals surface area contributed by atoms with Crippen LogP contribution in [0.2, 0.25) is 0 Å². The van der Waals surface area contributed by atoms with Crippen molar-refractivity contribution in [2.45, 2.75) is 0 Å². The van der Waals surface area contributed by atoms with Gasteiger partial charge in [0.15, 0.2) is 0 Å². The standard InChI is InChI=1S/C16H17N5O3/c17-16(22)15-11-13(4-5-18-15)20-8-6-19(7-9-20)12-2-1-3-14(10-12)21(23)24/h1-5,10-11H,6-9H2,(H2,17,22). The summed E-state index contributed by atoms with van der Waals surface area (Å²) in [5.41, 5.74) is 7.35. The van der Waals surface area contributed by atoms with Crippen LogP contribution < -0.4 is 15.5 Å². The molecule has 0 bridgehead atoms. The van der Waals surface area contributed by atoms with Gasteiger partial charge in [-0.05, 0) is 18.2 Å². The predicted octanol–water partition coefficient (Wildman–Crippen LogP) is 1.42. The largest absolute Gasteiger partial charge is 0.368 e. The van der Waals surface area contributed by atoms with Gasteiger partial charge in [0.25, 0.3) is 11.6 Å². The molecule has 1 aromatic heterocycles. The number of nitro benzene ring substituents is 1. The van der Waals surface area contributed by atoms with E-state index < -0.39 is 5.91 Å². The summed E-state index contributed by atoms with van der Waals surface area (Å²) >= 11 is 0. The molecule has 3 rings (SSSR count). The number of hydrogen-bond donors (Lipinski definition) is 1. The second-order valence-electron chi connectivity index (χ2n) is 5.51. The number of rotatable bonds is 4. The first kappa shape index (κ1) is 15.7. The monoisotopic (exact) mass is 327 g/mol. The first-order valence-corrected chi connectivity index (χ1v) is 7.55. The molecule has 2 heterocycles. The molecule has 1 aliphatic rings. The van der Waals surface area contributed by atoms with Crippen molar-refractivity contribution >= 4 is 23.0 Å². The molecule has 1 aromatic carbocycles. The topological polar surface area (TPSA) is 106 Å². The van der Waals surface area contributed by atoms with Crippen molar-refractivity contribution in [2.24, 2.45) is 5.73 Å². The molecule has 8 nitrogen and oxygen atoms in total. The SMILES string of the molecule is NC(=O)c1cc(N2CCN(c3cccc([N+](=O)[O-])c3)CC2)ccn1. The molecular weight excluding hydrogens is 310 g/mol. The summed E-state index contributed by atoms with van der Waals surface area (Å²) in [4.78, 5) is 29.9. The van der Waals surface area contributed by atoms with Gasteiger partial charge in [0.1, 0.15) is 5.69 Å². The van der Waals surface area contributed by atoms with Gasteiger partial charge in [0.05, 0.1) is 4.92 Å². The number of carbonyl (C=O) groups excluding carboxylic acids is 1. The van der Waals surface area contributed by atoms with Gasteiger partial charge in [0, 0.05) is 55.9 Å². The highest BCUT2D eigenvalue weighted by Gasteiger charge is 2.19. The lowest BCUT2D eigenvalue weighted by molar-refractivity contribution is -0.384. The van der Waals surface area contributed by atoms with E-state index in [0.29, 0.717) is 0 Å². The fourth-order valence-electron chi connectivity index (χ4n) is 2.78. The number of aromatic nitrogens is 1. The molecule has 0 aliphatic carbocycles. The quantitative estimate of drug-likeness (QED) is 0.672. The molecular formula is C16H17N5O3. The highest BCUT2D eigenvalue weighted by molar-refractivity contribution is 5.91. The van der Waals surface area contributed by atoms with Crippen LogP contribution in [0.25, 0.3) is 0 Å². The molecule has 0 unspecified atom stereocenters. The molecule has 1 fully saturated rings. The Morgan fingerprint density at radius 2 is 1.71 bits per heavy atom. The van der Waals surface area contributed by atoms with Crippen molar-refractivity contribution in [1.29, 1.82) is 0 Å². The maximum absolute atomic E-state index is 11.2. The lowest BCUT2D eigenvalue weighted by Crippen LogP contribution is -2.46. The molecule has 2 N–H and O–H groups in total. The van der Waals surface area contributed by atoms with Crippen LogP contribution in [0.4, 0.5) is 17.1 Å². The van der Waals surface area contributed by atoms with Crippen LogP contribution in [0.3, 0.4) is 0 Å². The summed E-state index contributed by atoms with van der Waals surface area (Å²) in [5, 5.41) is 10.9. The number of non-ortho nitro benzene ring substituents is 1. The Kier molecular flexibility index (Phi) is 4.28. The average molecular weight is 327 g/mol. The van der Waals surface area contributed by atoms with Crippen molar-refractivity contribution in [3.8, 4) is 0 Å². The van der Waals surface area contributed by atoms with E-state index in [1.54, 1.807) is 24.4 Å². The van der Waals surface area contributed by atoms with E-state index >= 15 is 0 Å². The van der Waals surface area contributed by atoms with Gasteiger partial charge in [-0.15, -0.1) is 0 Å². The number of piperazine rings is 1. The molecule has 2 aromatic rings. The second-order valence-corrected chi connectivity index (χ2v) is 5.51. The average Bonchev–Trinajstić information content (AvgIpc) is 2.62. The summed E-state index contributed by atoms with van der Waals surface area (Å²) in [7, 11) is 0. The Bertz CT molecular complexity index is 706. The number of anilines is 2. The number of pyridine rings is 1. The maximum Gasteiger partial charge on any atom is 0.271 e. The fourth-order valence-corrected chi connectivity index (χ4v) is 2.78. The van der Waals surface area contributed by atoms with Crippen molar-refractivity contribution in [2.75, 3.05) is 36.0 Å². The molecule has 124 valence electrons. The minimum Gasteiger partial charge on any atom is -0.368 e. The number of amides is 1. The zero-order chi connectivity index (χ0) is 17.1.